The molecule has 0 saturated carbocycles. The van der Waals surface area contributed by atoms with Crippen LogP contribution in [0.1, 0.15) is 30.9 Å². The van der Waals surface area contributed by atoms with E-state index in [9.17, 15) is 19.8 Å². The lowest BCUT2D eigenvalue weighted by Gasteiger charge is -2.28. The van der Waals surface area contributed by atoms with E-state index >= 15 is 0 Å². The van der Waals surface area contributed by atoms with Crippen LogP contribution in [0.25, 0.3) is 12.3 Å². The topological polar surface area (TPSA) is 104 Å². The van der Waals surface area contributed by atoms with Gasteiger partial charge in [-0.3, -0.25) is 0 Å². The van der Waals surface area contributed by atoms with Gasteiger partial charge >= 0.3 is 11.9 Å². The molecule has 3 N–H and O–H groups in total. The van der Waals surface area contributed by atoms with Crippen molar-refractivity contribution in [3.63, 3.8) is 0 Å². The molecule has 0 spiro atoms. The Hall–Kier alpha value is -3.61. The Morgan fingerprint density at radius 2 is 1.81 bits per heavy atom. The molecule has 27 heavy (non-hydrogen) atoms. The maximum absolute atomic E-state index is 11.9. The maximum atomic E-state index is 11.9. The molecule has 1 aliphatic rings. The van der Waals surface area contributed by atoms with Gasteiger partial charge in [-0.1, -0.05) is 24.3 Å². The normalized spacial score (nSPS) is 15.3. The second-order valence-electron chi connectivity index (χ2n) is 6.24. The Bertz CT molecular complexity index is 948. The molecule has 0 atom stereocenters. The fraction of sp³-hybridized carbons (Fsp3) is 0.150. The lowest BCUT2D eigenvalue weighted by molar-refractivity contribution is -0.133. The summed E-state index contributed by atoms with van der Waals surface area (Å²) >= 11 is 0. The molecule has 0 aliphatic carbocycles. The number of benzene rings is 1. The fourth-order valence-electron chi connectivity index (χ4n) is 3.27. The smallest absolute Gasteiger partial charge is 0.334 e. The summed E-state index contributed by atoms with van der Waals surface area (Å²) in [6.07, 6.45) is 8.76. The lowest BCUT2D eigenvalue weighted by Crippen LogP contribution is -2.31. The number of rotatable bonds is 5. The van der Waals surface area contributed by atoms with Gasteiger partial charge in [-0.25, -0.2) is 14.6 Å². The average Bonchev–Trinajstić information content (AvgIpc) is 3.12. The van der Waals surface area contributed by atoms with Crippen LogP contribution in [-0.4, -0.2) is 31.7 Å². The molecule has 7 nitrogen and oxygen atoms in total. The second-order valence-corrected chi connectivity index (χ2v) is 6.24. The molecule has 3 rings (SSSR count). The molecule has 0 radical (unpaired) electrons. The number of allylic oxidation sites excluding steroid dienone is 2. The van der Waals surface area contributed by atoms with E-state index in [4.69, 9.17) is 0 Å². The highest BCUT2D eigenvalue weighted by Gasteiger charge is 2.36. The SMILES string of the molecule is CC1=C(C(=O)O)C(c2cccc(C=Cn3ccnc3)c2)C(C(=O)O)=C(C)N1. The first-order chi connectivity index (χ1) is 12.9. The van der Waals surface area contributed by atoms with E-state index in [1.165, 1.54) is 0 Å². The molecule has 0 unspecified atom stereocenters. The Kier molecular flexibility index (Phi) is 4.94. The van der Waals surface area contributed by atoms with Crippen LogP contribution in [0.5, 0.6) is 0 Å². The van der Waals surface area contributed by atoms with Gasteiger partial charge < -0.3 is 20.1 Å². The van der Waals surface area contributed by atoms with E-state index in [1.54, 1.807) is 55.3 Å². The first-order valence-electron chi connectivity index (χ1n) is 8.29. The van der Waals surface area contributed by atoms with Crippen LogP contribution in [0.15, 0.2) is 65.5 Å². The van der Waals surface area contributed by atoms with E-state index in [-0.39, 0.29) is 11.1 Å². The molecule has 2 aromatic rings. The number of aromatic nitrogens is 2. The van der Waals surface area contributed by atoms with Crippen LogP contribution in [0.4, 0.5) is 0 Å². The summed E-state index contributed by atoms with van der Waals surface area (Å²) in [5.41, 5.74) is 2.38. The van der Waals surface area contributed by atoms with Gasteiger partial charge in [0.15, 0.2) is 0 Å². The Morgan fingerprint density at radius 3 is 2.37 bits per heavy atom. The molecule has 138 valence electrons. The molecular formula is C20H19N3O4. The van der Waals surface area contributed by atoms with E-state index in [1.807, 2.05) is 18.3 Å². The van der Waals surface area contributed by atoms with Crippen molar-refractivity contribution in [3.8, 4) is 0 Å². The van der Waals surface area contributed by atoms with Crippen molar-refractivity contribution in [2.75, 3.05) is 0 Å². The third-order valence-corrected chi connectivity index (χ3v) is 4.43. The predicted octanol–water partition coefficient (Wildman–Crippen LogP) is 2.92. The summed E-state index contributed by atoms with van der Waals surface area (Å²) < 4.78 is 1.77. The molecule has 1 aliphatic heterocycles. The summed E-state index contributed by atoms with van der Waals surface area (Å²) in [5.74, 6) is -3.14. The third-order valence-electron chi connectivity index (χ3n) is 4.43. The summed E-state index contributed by atoms with van der Waals surface area (Å²) in [6.45, 7) is 3.28. The zero-order chi connectivity index (χ0) is 19.6. The average molecular weight is 365 g/mol. The van der Waals surface area contributed by atoms with Crippen LogP contribution < -0.4 is 5.32 Å². The molecule has 0 amide bonds. The minimum Gasteiger partial charge on any atom is -0.478 e. The number of hydrogen-bond acceptors (Lipinski definition) is 4. The lowest BCUT2D eigenvalue weighted by atomic mass is 9.80. The van der Waals surface area contributed by atoms with Crippen molar-refractivity contribution < 1.29 is 19.8 Å². The van der Waals surface area contributed by atoms with E-state index < -0.39 is 17.9 Å². The highest BCUT2D eigenvalue weighted by atomic mass is 16.4. The number of aliphatic carboxylic acids is 2. The van der Waals surface area contributed by atoms with Gasteiger partial charge in [-0.2, -0.15) is 0 Å². The summed E-state index contributed by atoms with van der Waals surface area (Å²) in [5, 5.41) is 22.2. The first-order valence-corrected chi connectivity index (χ1v) is 8.29. The highest BCUT2D eigenvalue weighted by Crippen LogP contribution is 2.38. The van der Waals surface area contributed by atoms with Crippen LogP contribution >= 0.6 is 0 Å². The molecule has 0 fully saturated rings. The minimum absolute atomic E-state index is 0.0359. The van der Waals surface area contributed by atoms with Gasteiger partial charge in [-0.05, 0) is 31.1 Å². The number of imidazole rings is 1. The number of carboxylic acids is 2. The molecule has 2 heterocycles. The number of nitrogens with one attached hydrogen (secondary N) is 1. The van der Waals surface area contributed by atoms with Gasteiger partial charge in [-0.15, -0.1) is 0 Å². The number of dihydropyridines is 1. The van der Waals surface area contributed by atoms with Gasteiger partial charge in [0.05, 0.1) is 23.4 Å². The maximum Gasteiger partial charge on any atom is 0.334 e. The quantitative estimate of drug-likeness (QED) is 0.753. The Labute approximate surface area is 156 Å². The molecular weight excluding hydrogens is 346 g/mol. The number of nitrogens with zero attached hydrogens (tertiary/aromatic N) is 2. The van der Waals surface area contributed by atoms with Gasteiger partial charge in [0.1, 0.15) is 0 Å². The van der Waals surface area contributed by atoms with Gasteiger partial charge in [0.25, 0.3) is 0 Å². The Balaban J connectivity index is 2.08. The molecule has 1 aromatic carbocycles. The van der Waals surface area contributed by atoms with Crippen molar-refractivity contribution in [1.82, 2.24) is 14.9 Å². The Morgan fingerprint density at radius 1 is 1.15 bits per heavy atom. The molecule has 1 aromatic heterocycles. The van der Waals surface area contributed by atoms with E-state index in [0.29, 0.717) is 17.0 Å². The van der Waals surface area contributed by atoms with Crippen LogP contribution in [0, 0.1) is 0 Å². The largest absolute Gasteiger partial charge is 0.478 e. The monoisotopic (exact) mass is 365 g/mol. The van der Waals surface area contributed by atoms with Crippen molar-refractivity contribution in [2.24, 2.45) is 0 Å². The number of hydrogen-bond donors (Lipinski definition) is 3. The molecule has 0 saturated heterocycles. The van der Waals surface area contributed by atoms with Crippen molar-refractivity contribution in [1.29, 1.82) is 0 Å². The molecule has 0 bridgehead atoms. The van der Waals surface area contributed by atoms with Crippen LogP contribution in [0.2, 0.25) is 0 Å². The summed E-state index contributed by atoms with van der Waals surface area (Å²) in [4.78, 5) is 27.7. The predicted molar refractivity (Wildman–Crippen MR) is 100 cm³/mol. The standard InChI is InChI=1S/C20H19N3O4/c1-12-16(19(24)25)18(17(20(26)27)13(2)22-12)15-5-3-4-14(10-15)6-8-23-9-7-21-11-23/h3-11,18,22H,1-2H3,(H,24,25)(H,26,27). The highest BCUT2D eigenvalue weighted by molar-refractivity contribution is 5.98. The zero-order valence-corrected chi connectivity index (χ0v) is 14.9. The third kappa shape index (κ3) is 3.67. The van der Waals surface area contributed by atoms with E-state index in [2.05, 4.69) is 10.3 Å². The van der Waals surface area contributed by atoms with Crippen molar-refractivity contribution in [2.45, 2.75) is 19.8 Å². The molecule has 7 heteroatoms. The van der Waals surface area contributed by atoms with E-state index in [0.717, 1.165) is 5.56 Å². The second kappa shape index (κ2) is 7.33. The van der Waals surface area contributed by atoms with Crippen LogP contribution in [-0.2, 0) is 9.59 Å². The first kappa shape index (κ1) is 18.2. The van der Waals surface area contributed by atoms with Crippen LogP contribution in [0.3, 0.4) is 0 Å². The van der Waals surface area contributed by atoms with Crippen molar-refractivity contribution >= 4 is 24.2 Å². The van der Waals surface area contributed by atoms with Gasteiger partial charge in [0.2, 0.25) is 0 Å². The van der Waals surface area contributed by atoms with Gasteiger partial charge in [0, 0.05) is 30.0 Å². The fourth-order valence-corrected chi connectivity index (χ4v) is 3.27. The number of carboxylic acid groups (broad SMARTS) is 2. The van der Waals surface area contributed by atoms with Crippen molar-refractivity contribution in [3.05, 3.63) is 76.7 Å². The zero-order valence-electron chi connectivity index (χ0n) is 14.9. The number of carbonyl (C=O) groups is 2. The summed E-state index contributed by atoms with van der Waals surface area (Å²) in [7, 11) is 0. The minimum atomic E-state index is -1.14. The summed E-state index contributed by atoms with van der Waals surface area (Å²) in [6, 6.07) is 7.20.